The first kappa shape index (κ1) is 27.4. The van der Waals surface area contributed by atoms with Gasteiger partial charge in [-0.2, -0.15) is 5.10 Å². The molecule has 3 aromatic rings. The van der Waals surface area contributed by atoms with Crippen molar-refractivity contribution >= 4 is 17.5 Å². The Hall–Kier alpha value is -3.60. The van der Waals surface area contributed by atoms with E-state index < -0.39 is 11.9 Å². The van der Waals surface area contributed by atoms with Gasteiger partial charge < -0.3 is 34.6 Å². The molecule has 204 valence electrons. The van der Waals surface area contributed by atoms with E-state index in [-0.39, 0.29) is 17.9 Å². The maximum absolute atomic E-state index is 12.0. The fourth-order valence-corrected chi connectivity index (χ4v) is 3.98. The number of aryl methyl sites for hydroxylation is 1. The smallest absolute Gasteiger partial charge is 0.410 e. The van der Waals surface area contributed by atoms with Crippen LogP contribution in [0.2, 0.25) is 0 Å². The van der Waals surface area contributed by atoms with Gasteiger partial charge in [0.2, 0.25) is 0 Å². The molecule has 0 unspecified atom stereocenters. The number of nitrogens with one attached hydrogen (secondary N) is 2. The number of carbonyl (C=O) groups excluding carboxylic acids is 1. The van der Waals surface area contributed by atoms with Crippen LogP contribution in [0.3, 0.4) is 0 Å². The quantitative estimate of drug-likeness (QED) is 0.231. The number of aliphatic hydroxyl groups is 2. The molecular formula is C28H36N4O6. The monoisotopic (exact) mass is 524 g/mol. The van der Waals surface area contributed by atoms with Crippen molar-refractivity contribution < 1.29 is 29.2 Å². The van der Waals surface area contributed by atoms with Crippen LogP contribution in [0.15, 0.2) is 48.5 Å². The number of amides is 1. The van der Waals surface area contributed by atoms with Gasteiger partial charge in [0.25, 0.3) is 0 Å². The second-order valence-electron chi connectivity index (χ2n) is 10.4. The number of likely N-dealkylation sites (tertiary alicyclic amines) is 1. The lowest BCUT2D eigenvalue weighted by molar-refractivity contribution is -0.0679. The Kier molecular flexibility index (Phi) is 8.55. The predicted octanol–water partition coefficient (Wildman–Crippen LogP) is 4.05. The molecule has 1 aliphatic heterocycles. The first-order valence-corrected chi connectivity index (χ1v) is 12.7. The van der Waals surface area contributed by atoms with Gasteiger partial charge in [-0.25, -0.2) is 4.79 Å². The van der Waals surface area contributed by atoms with Crippen molar-refractivity contribution in [2.24, 2.45) is 0 Å². The number of H-pyrrole nitrogens is 1. The summed E-state index contributed by atoms with van der Waals surface area (Å²) in [6.07, 6.45) is -1.17. The van der Waals surface area contributed by atoms with E-state index in [9.17, 15) is 15.0 Å². The average Bonchev–Trinajstić information content (AvgIpc) is 3.19. The van der Waals surface area contributed by atoms with Crippen LogP contribution in [0.4, 0.5) is 16.2 Å². The van der Waals surface area contributed by atoms with E-state index in [0.29, 0.717) is 32.0 Å². The number of aromatic amines is 1. The van der Waals surface area contributed by atoms with Crippen LogP contribution in [-0.4, -0.2) is 69.4 Å². The van der Waals surface area contributed by atoms with Gasteiger partial charge in [-0.15, -0.1) is 0 Å². The maximum Gasteiger partial charge on any atom is 0.410 e. The molecule has 0 radical (unpaired) electrons. The van der Waals surface area contributed by atoms with Crippen molar-refractivity contribution in [3.8, 4) is 5.75 Å². The number of rotatable bonds is 10. The highest BCUT2D eigenvalue weighted by atomic mass is 16.6. The SMILES string of the molecule is Cc1[nH]nc(C(O)O)c1Nc1ccc(Cc2ccc(OCCOC3CN(C(=O)OC(C)(C)C)C3)cc2)cc1. The van der Waals surface area contributed by atoms with Crippen LogP contribution in [-0.2, 0) is 15.9 Å². The number of carbonyl (C=O) groups is 1. The lowest BCUT2D eigenvalue weighted by Gasteiger charge is -2.39. The van der Waals surface area contributed by atoms with Gasteiger partial charge in [0.15, 0.2) is 6.29 Å². The highest BCUT2D eigenvalue weighted by molar-refractivity contribution is 5.69. The lowest BCUT2D eigenvalue weighted by Crippen LogP contribution is -2.56. The van der Waals surface area contributed by atoms with E-state index in [1.165, 1.54) is 0 Å². The van der Waals surface area contributed by atoms with Crippen molar-refractivity contribution in [2.45, 2.75) is 52.1 Å². The number of aromatic nitrogens is 2. The first-order valence-electron chi connectivity index (χ1n) is 12.7. The number of aliphatic hydroxyl groups excluding tert-OH is 1. The molecule has 1 fully saturated rings. The van der Waals surface area contributed by atoms with E-state index in [4.69, 9.17) is 14.2 Å². The molecule has 0 bridgehead atoms. The number of benzene rings is 2. The van der Waals surface area contributed by atoms with Crippen LogP contribution in [0, 0.1) is 6.92 Å². The summed E-state index contributed by atoms with van der Waals surface area (Å²) in [6, 6.07) is 15.9. The van der Waals surface area contributed by atoms with Crippen LogP contribution in [0.5, 0.6) is 5.75 Å². The molecule has 2 aromatic carbocycles. The number of hydrogen-bond donors (Lipinski definition) is 4. The minimum absolute atomic E-state index is 0.0158. The highest BCUT2D eigenvalue weighted by Crippen LogP contribution is 2.27. The molecule has 0 saturated carbocycles. The van der Waals surface area contributed by atoms with E-state index in [1.807, 2.05) is 76.2 Å². The van der Waals surface area contributed by atoms with E-state index in [2.05, 4.69) is 15.5 Å². The van der Waals surface area contributed by atoms with Gasteiger partial charge in [-0.3, -0.25) is 5.10 Å². The van der Waals surface area contributed by atoms with E-state index in [1.54, 1.807) is 4.90 Å². The molecule has 10 nitrogen and oxygen atoms in total. The summed E-state index contributed by atoms with van der Waals surface area (Å²) in [7, 11) is 0. The third-order valence-corrected chi connectivity index (χ3v) is 5.98. The Morgan fingerprint density at radius 3 is 2.32 bits per heavy atom. The van der Waals surface area contributed by atoms with Crippen LogP contribution < -0.4 is 10.1 Å². The van der Waals surface area contributed by atoms with Crippen molar-refractivity contribution in [3.63, 3.8) is 0 Å². The fraction of sp³-hybridized carbons (Fsp3) is 0.429. The van der Waals surface area contributed by atoms with Gasteiger partial charge >= 0.3 is 6.09 Å². The number of hydrogen-bond acceptors (Lipinski definition) is 8. The van der Waals surface area contributed by atoms with Crippen LogP contribution in [0.1, 0.15) is 49.6 Å². The standard InChI is InChI=1S/C28H36N4O6/c1-18-24(25(26(33)34)31-30-18)29-21-9-5-19(6-10-21)15-20-7-11-22(12-8-20)36-13-14-37-23-16-32(17-23)27(35)38-28(2,3)4/h5-12,23,26,29,33-34H,13-17H2,1-4H3,(H,30,31). The Labute approximate surface area is 222 Å². The molecule has 1 saturated heterocycles. The first-order chi connectivity index (χ1) is 18.1. The second-order valence-corrected chi connectivity index (χ2v) is 10.4. The lowest BCUT2D eigenvalue weighted by atomic mass is 10.0. The van der Waals surface area contributed by atoms with Gasteiger partial charge in [0.1, 0.15) is 23.7 Å². The molecule has 1 amide bonds. The summed E-state index contributed by atoms with van der Waals surface area (Å²) in [5.41, 5.74) is 4.07. The fourth-order valence-electron chi connectivity index (χ4n) is 3.98. The predicted molar refractivity (Wildman–Crippen MR) is 143 cm³/mol. The van der Waals surface area contributed by atoms with Crippen molar-refractivity contribution in [1.29, 1.82) is 0 Å². The van der Waals surface area contributed by atoms with Crippen molar-refractivity contribution in [2.75, 3.05) is 31.6 Å². The van der Waals surface area contributed by atoms with Gasteiger partial charge in [0.05, 0.1) is 37.2 Å². The Morgan fingerprint density at radius 1 is 1.08 bits per heavy atom. The van der Waals surface area contributed by atoms with Crippen molar-refractivity contribution in [1.82, 2.24) is 15.1 Å². The van der Waals surface area contributed by atoms with E-state index >= 15 is 0 Å². The van der Waals surface area contributed by atoms with E-state index in [0.717, 1.165) is 34.7 Å². The molecule has 4 rings (SSSR count). The van der Waals surface area contributed by atoms with Gasteiger partial charge in [-0.05, 0) is 69.5 Å². The molecule has 1 aliphatic rings. The summed E-state index contributed by atoms with van der Waals surface area (Å²) >= 11 is 0. The molecule has 38 heavy (non-hydrogen) atoms. The largest absolute Gasteiger partial charge is 0.491 e. The summed E-state index contributed by atoms with van der Waals surface area (Å²) in [4.78, 5) is 13.6. The topological polar surface area (TPSA) is 129 Å². The Balaban J connectivity index is 1.17. The molecule has 0 atom stereocenters. The summed E-state index contributed by atoms with van der Waals surface area (Å²) in [5.74, 6) is 0.776. The van der Waals surface area contributed by atoms with Gasteiger partial charge in [0, 0.05) is 5.69 Å². The zero-order valence-electron chi connectivity index (χ0n) is 22.2. The zero-order chi connectivity index (χ0) is 27.3. The molecule has 0 aliphatic carbocycles. The Morgan fingerprint density at radius 2 is 1.71 bits per heavy atom. The van der Waals surface area contributed by atoms with Crippen molar-refractivity contribution in [3.05, 3.63) is 71.0 Å². The minimum Gasteiger partial charge on any atom is -0.491 e. The Bertz CT molecular complexity index is 1200. The molecule has 2 heterocycles. The number of nitrogens with zero attached hydrogens (tertiary/aromatic N) is 2. The molecule has 10 heteroatoms. The second kappa shape index (κ2) is 11.8. The van der Waals surface area contributed by atoms with Crippen LogP contribution in [0.25, 0.3) is 0 Å². The zero-order valence-corrected chi connectivity index (χ0v) is 22.2. The minimum atomic E-state index is -1.65. The summed E-state index contributed by atoms with van der Waals surface area (Å²) < 4.78 is 16.9. The number of anilines is 2. The molecule has 1 aromatic heterocycles. The third-order valence-electron chi connectivity index (χ3n) is 5.98. The average molecular weight is 525 g/mol. The van der Waals surface area contributed by atoms with Crippen LogP contribution >= 0.6 is 0 Å². The normalized spacial score (nSPS) is 13.9. The highest BCUT2D eigenvalue weighted by Gasteiger charge is 2.34. The van der Waals surface area contributed by atoms with Gasteiger partial charge in [-0.1, -0.05) is 24.3 Å². The third kappa shape index (κ3) is 7.47. The number of ether oxygens (including phenoxy) is 3. The summed E-state index contributed by atoms with van der Waals surface area (Å²) in [6.45, 7) is 9.33. The maximum atomic E-state index is 12.0. The molecule has 0 spiro atoms. The summed E-state index contributed by atoms with van der Waals surface area (Å²) in [5, 5.41) is 28.8. The molecular weight excluding hydrogens is 488 g/mol. The molecule has 4 N–H and O–H groups in total.